The van der Waals surface area contributed by atoms with Crippen LogP contribution in [-0.2, 0) is 4.79 Å². The van der Waals surface area contributed by atoms with Gasteiger partial charge in [0, 0.05) is 23.8 Å². The van der Waals surface area contributed by atoms with Crippen LogP contribution in [0.5, 0.6) is 5.75 Å². The first-order valence-corrected chi connectivity index (χ1v) is 10.3. The van der Waals surface area contributed by atoms with E-state index in [1.165, 1.54) is 10.1 Å². The normalized spacial score (nSPS) is 10.6. The van der Waals surface area contributed by atoms with Gasteiger partial charge in [-0.2, -0.15) is 0 Å². The lowest BCUT2D eigenvalue weighted by molar-refractivity contribution is -0.113. The van der Waals surface area contributed by atoms with Crippen molar-refractivity contribution < 1.29 is 9.53 Å². The summed E-state index contributed by atoms with van der Waals surface area (Å²) in [5.74, 6) is 0.662. The van der Waals surface area contributed by atoms with E-state index in [-0.39, 0.29) is 22.2 Å². The van der Waals surface area contributed by atoms with Crippen molar-refractivity contribution in [3.05, 3.63) is 76.3 Å². The zero-order valence-corrected chi connectivity index (χ0v) is 17.5. The number of aryl methyl sites for hydroxylation is 2. The van der Waals surface area contributed by atoms with E-state index in [9.17, 15) is 9.59 Å². The van der Waals surface area contributed by atoms with Crippen LogP contribution in [0.2, 0.25) is 0 Å². The van der Waals surface area contributed by atoms with Crippen LogP contribution in [0.1, 0.15) is 18.1 Å². The molecule has 0 aliphatic heterocycles. The van der Waals surface area contributed by atoms with Crippen molar-refractivity contribution in [2.24, 2.45) is 0 Å². The number of hydrogen-bond acceptors (Lipinski definition) is 5. The Balaban J connectivity index is 1.68. The van der Waals surface area contributed by atoms with Crippen LogP contribution < -0.4 is 15.6 Å². The van der Waals surface area contributed by atoms with Gasteiger partial charge >= 0.3 is 0 Å². The molecule has 0 radical (unpaired) electrons. The molecule has 0 unspecified atom stereocenters. The topological polar surface area (TPSA) is 73.2 Å². The predicted molar refractivity (Wildman–Crippen MR) is 116 cm³/mol. The molecule has 0 spiro atoms. The van der Waals surface area contributed by atoms with Gasteiger partial charge in [-0.15, -0.1) is 0 Å². The first kappa shape index (κ1) is 20.7. The number of amides is 1. The summed E-state index contributed by atoms with van der Waals surface area (Å²) in [6.45, 7) is 6.52. The summed E-state index contributed by atoms with van der Waals surface area (Å²) >= 11 is 1.12. The molecule has 0 aliphatic rings. The van der Waals surface area contributed by atoms with Gasteiger partial charge in [-0.1, -0.05) is 17.8 Å². The van der Waals surface area contributed by atoms with Crippen molar-refractivity contribution in [1.82, 2.24) is 9.55 Å². The van der Waals surface area contributed by atoms with Crippen molar-refractivity contribution in [3.8, 4) is 11.4 Å². The minimum absolute atomic E-state index is 0.0997. The van der Waals surface area contributed by atoms with Crippen molar-refractivity contribution in [2.75, 3.05) is 17.7 Å². The third-order valence-electron chi connectivity index (χ3n) is 4.37. The molecule has 1 amide bonds. The van der Waals surface area contributed by atoms with E-state index in [0.29, 0.717) is 12.3 Å². The monoisotopic (exact) mass is 409 g/mol. The minimum atomic E-state index is -0.263. The zero-order valence-electron chi connectivity index (χ0n) is 16.6. The molecule has 0 fully saturated rings. The maximum Gasteiger partial charge on any atom is 0.287 e. The summed E-state index contributed by atoms with van der Waals surface area (Å²) in [7, 11) is 0. The number of hydrogen-bond donors (Lipinski definition) is 1. The molecule has 0 saturated carbocycles. The molecule has 0 bridgehead atoms. The summed E-state index contributed by atoms with van der Waals surface area (Å²) in [5, 5.41) is 3.13. The largest absolute Gasteiger partial charge is 0.494 e. The van der Waals surface area contributed by atoms with Crippen LogP contribution in [0.25, 0.3) is 5.69 Å². The number of carbonyl (C=O) groups excluding carboxylic acids is 1. The average Bonchev–Trinajstić information content (AvgIpc) is 2.71. The Morgan fingerprint density at radius 2 is 1.90 bits per heavy atom. The SMILES string of the molecule is CCOc1ccc(-n2ccnc(SCC(=O)Nc3ccc(C)c(C)c3)c2=O)cc1. The quantitative estimate of drug-likeness (QED) is 0.598. The maximum atomic E-state index is 12.7. The zero-order chi connectivity index (χ0) is 20.8. The molecule has 1 N–H and O–H groups in total. The Kier molecular flexibility index (Phi) is 6.72. The van der Waals surface area contributed by atoms with Gasteiger partial charge < -0.3 is 10.1 Å². The number of ether oxygens (including phenoxy) is 1. The number of anilines is 1. The van der Waals surface area contributed by atoms with Gasteiger partial charge in [-0.25, -0.2) is 4.98 Å². The van der Waals surface area contributed by atoms with Gasteiger partial charge in [0.25, 0.3) is 5.56 Å². The maximum absolute atomic E-state index is 12.7. The first-order valence-electron chi connectivity index (χ1n) is 9.28. The number of nitrogens with one attached hydrogen (secondary N) is 1. The number of rotatable bonds is 7. The molecule has 1 aromatic heterocycles. The Bertz CT molecular complexity index is 1060. The van der Waals surface area contributed by atoms with E-state index < -0.39 is 0 Å². The molecule has 3 rings (SSSR count). The first-order chi connectivity index (χ1) is 14.0. The highest BCUT2D eigenvalue weighted by Crippen LogP contribution is 2.17. The van der Waals surface area contributed by atoms with E-state index >= 15 is 0 Å². The fourth-order valence-corrected chi connectivity index (χ4v) is 3.41. The molecule has 2 aromatic carbocycles. The van der Waals surface area contributed by atoms with E-state index in [1.54, 1.807) is 12.4 Å². The Labute approximate surface area is 173 Å². The van der Waals surface area contributed by atoms with Crippen LogP contribution in [0, 0.1) is 13.8 Å². The molecule has 29 heavy (non-hydrogen) atoms. The highest BCUT2D eigenvalue weighted by Gasteiger charge is 2.11. The van der Waals surface area contributed by atoms with Crippen LogP contribution >= 0.6 is 11.8 Å². The van der Waals surface area contributed by atoms with Crippen LogP contribution in [0.15, 0.2) is 64.7 Å². The number of thioether (sulfide) groups is 1. The Morgan fingerprint density at radius 1 is 1.14 bits per heavy atom. The molecule has 0 saturated heterocycles. The van der Waals surface area contributed by atoms with E-state index in [2.05, 4.69) is 10.3 Å². The molecular formula is C22H23N3O3S. The van der Waals surface area contributed by atoms with Gasteiger partial charge in [0.15, 0.2) is 5.03 Å². The van der Waals surface area contributed by atoms with Gasteiger partial charge in [-0.3, -0.25) is 14.2 Å². The summed E-state index contributed by atoms with van der Waals surface area (Å²) in [4.78, 5) is 29.2. The molecule has 0 aliphatic carbocycles. The molecular weight excluding hydrogens is 386 g/mol. The lowest BCUT2D eigenvalue weighted by atomic mass is 10.1. The molecule has 7 heteroatoms. The standard InChI is InChI=1S/C22H23N3O3S/c1-4-28-19-9-7-18(8-10-19)25-12-11-23-21(22(25)27)29-14-20(26)24-17-6-5-15(2)16(3)13-17/h5-13H,4,14H2,1-3H3,(H,24,26). The summed E-state index contributed by atoms with van der Waals surface area (Å²) in [6, 6.07) is 13.0. The van der Waals surface area contributed by atoms with Crippen molar-refractivity contribution in [1.29, 1.82) is 0 Å². The van der Waals surface area contributed by atoms with E-state index in [0.717, 1.165) is 28.8 Å². The van der Waals surface area contributed by atoms with Crippen molar-refractivity contribution in [3.63, 3.8) is 0 Å². The third-order valence-corrected chi connectivity index (χ3v) is 5.33. The number of carbonyl (C=O) groups is 1. The van der Waals surface area contributed by atoms with Crippen molar-refractivity contribution >= 4 is 23.4 Å². The van der Waals surface area contributed by atoms with Gasteiger partial charge in [-0.05, 0) is 68.3 Å². The molecule has 3 aromatic rings. The minimum Gasteiger partial charge on any atom is -0.494 e. The third kappa shape index (κ3) is 5.26. The summed E-state index contributed by atoms with van der Waals surface area (Å²) in [6.07, 6.45) is 3.17. The van der Waals surface area contributed by atoms with Crippen LogP contribution in [0.4, 0.5) is 5.69 Å². The highest BCUT2D eigenvalue weighted by molar-refractivity contribution is 7.99. The predicted octanol–water partition coefficient (Wildman–Crippen LogP) is 3.98. The van der Waals surface area contributed by atoms with E-state index in [4.69, 9.17) is 4.74 Å². The molecule has 6 nitrogen and oxygen atoms in total. The Morgan fingerprint density at radius 3 is 2.59 bits per heavy atom. The lowest BCUT2D eigenvalue weighted by Crippen LogP contribution is -2.22. The average molecular weight is 410 g/mol. The fourth-order valence-electron chi connectivity index (χ4n) is 2.72. The fraction of sp³-hybridized carbons (Fsp3) is 0.227. The molecule has 0 atom stereocenters. The van der Waals surface area contributed by atoms with Gasteiger partial charge in [0.1, 0.15) is 5.75 Å². The Hall–Kier alpha value is -3.06. The number of nitrogens with zero attached hydrogens (tertiary/aromatic N) is 2. The second-order valence-corrected chi connectivity index (χ2v) is 7.43. The van der Waals surface area contributed by atoms with Crippen molar-refractivity contribution in [2.45, 2.75) is 25.8 Å². The lowest BCUT2D eigenvalue weighted by Gasteiger charge is -2.09. The second kappa shape index (κ2) is 9.43. The highest BCUT2D eigenvalue weighted by atomic mass is 32.2. The summed E-state index contributed by atoms with van der Waals surface area (Å²) < 4.78 is 6.94. The number of aromatic nitrogens is 2. The van der Waals surface area contributed by atoms with Gasteiger partial charge in [0.2, 0.25) is 5.91 Å². The molecule has 150 valence electrons. The van der Waals surface area contributed by atoms with Gasteiger partial charge in [0.05, 0.1) is 12.4 Å². The van der Waals surface area contributed by atoms with E-state index in [1.807, 2.05) is 63.2 Å². The smallest absolute Gasteiger partial charge is 0.287 e. The van der Waals surface area contributed by atoms with Crippen LogP contribution in [0.3, 0.4) is 0 Å². The van der Waals surface area contributed by atoms with Crippen LogP contribution in [-0.4, -0.2) is 27.8 Å². The summed E-state index contributed by atoms with van der Waals surface area (Å²) in [5.41, 5.74) is 3.47. The molecule has 1 heterocycles. The number of benzene rings is 2. The second-order valence-electron chi connectivity index (χ2n) is 6.47.